The van der Waals surface area contributed by atoms with Crippen molar-refractivity contribution in [3.8, 4) is 0 Å². The Bertz CT molecular complexity index is 76.8. The first-order valence-corrected chi connectivity index (χ1v) is 2.81. The van der Waals surface area contributed by atoms with Gasteiger partial charge in [0.2, 0.25) is 0 Å². The first kappa shape index (κ1) is 6.01. The quantitative estimate of drug-likeness (QED) is 0.497. The summed E-state index contributed by atoms with van der Waals surface area (Å²) in [5, 5.41) is 3.16. The monoisotopic (exact) mass is 116 g/mol. The summed E-state index contributed by atoms with van der Waals surface area (Å²) < 4.78 is 5.04. The maximum absolute atomic E-state index is 5.04. The molecule has 48 valence electrons. The van der Waals surface area contributed by atoms with Crippen LogP contribution in [0.3, 0.4) is 0 Å². The number of likely N-dealkylation sites (N-methyl/N-ethyl adjacent to an activating group) is 1. The van der Waals surface area contributed by atoms with Crippen molar-refractivity contribution < 1.29 is 4.74 Å². The third kappa shape index (κ3) is 0.992. The van der Waals surface area contributed by atoms with E-state index in [0.717, 1.165) is 13.1 Å². The van der Waals surface area contributed by atoms with E-state index in [0.29, 0.717) is 0 Å². The highest BCUT2D eigenvalue weighted by Crippen LogP contribution is 1.97. The predicted octanol–water partition coefficient (Wildman–Crippen LogP) is -0.549. The molecular formula is C5H12N2O. The molecule has 1 saturated heterocycles. The zero-order valence-electron chi connectivity index (χ0n) is 5.35. The van der Waals surface area contributed by atoms with Crippen LogP contribution < -0.4 is 5.32 Å². The van der Waals surface area contributed by atoms with Gasteiger partial charge < -0.3 is 4.74 Å². The van der Waals surface area contributed by atoms with Crippen molar-refractivity contribution in [2.24, 2.45) is 0 Å². The van der Waals surface area contributed by atoms with Crippen molar-refractivity contribution in [3.05, 3.63) is 0 Å². The maximum Gasteiger partial charge on any atom is 0.165 e. The summed E-state index contributed by atoms with van der Waals surface area (Å²) in [6, 6.07) is 0. The molecule has 0 saturated carbocycles. The van der Waals surface area contributed by atoms with Gasteiger partial charge >= 0.3 is 0 Å². The lowest BCUT2D eigenvalue weighted by atomic mass is 10.7. The van der Waals surface area contributed by atoms with E-state index in [1.54, 1.807) is 7.11 Å². The largest absolute Gasteiger partial charge is 0.353 e. The van der Waals surface area contributed by atoms with Crippen LogP contribution in [0, 0.1) is 0 Å². The van der Waals surface area contributed by atoms with E-state index in [2.05, 4.69) is 10.2 Å². The second kappa shape index (κ2) is 2.44. The number of ether oxygens (including phenoxy) is 1. The zero-order valence-corrected chi connectivity index (χ0v) is 5.35. The van der Waals surface area contributed by atoms with E-state index in [9.17, 15) is 0 Å². The fourth-order valence-electron chi connectivity index (χ4n) is 0.901. The summed E-state index contributed by atoms with van der Waals surface area (Å²) in [6.45, 7) is 2.12. The fraction of sp³-hybridized carbons (Fsp3) is 1.00. The topological polar surface area (TPSA) is 24.5 Å². The maximum atomic E-state index is 5.04. The van der Waals surface area contributed by atoms with Crippen molar-refractivity contribution in [3.63, 3.8) is 0 Å². The lowest BCUT2D eigenvalue weighted by Gasteiger charge is -2.15. The fourth-order valence-corrected chi connectivity index (χ4v) is 0.901. The van der Waals surface area contributed by atoms with Gasteiger partial charge in [0.25, 0.3) is 0 Å². The van der Waals surface area contributed by atoms with Gasteiger partial charge in [-0.2, -0.15) is 0 Å². The first-order chi connectivity index (χ1) is 3.84. The Labute approximate surface area is 49.6 Å². The minimum absolute atomic E-state index is 0.148. The SMILES string of the molecule is COC1NCCN1C. The zero-order chi connectivity index (χ0) is 5.98. The van der Waals surface area contributed by atoms with Crippen LogP contribution in [0.4, 0.5) is 0 Å². The highest BCUT2D eigenvalue weighted by molar-refractivity contribution is 4.65. The second-order valence-electron chi connectivity index (χ2n) is 2.02. The summed E-state index contributed by atoms with van der Waals surface area (Å²) in [6.07, 6.45) is 0.148. The lowest BCUT2D eigenvalue weighted by Crippen LogP contribution is -2.34. The van der Waals surface area contributed by atoms with Crippen molar-refractivity contribution in [2.75, 3.05) is 27.2 Å². The molecule has 0 aromatic carbocycles. The average molecular weight is 116 g/mol. The summed E-state index contributed by atoms with van der Waals surface area (Å²) in [4.78, 5) is 2.12. The smallest absolute Gasteiger partial charge is 0.165 e. The molecule has 0 spiro atoms. The molecular weight excluding hydrogens is 104 g/mol. The second-order valence-corrected chi connectivity index (χ2v) is 2.02. The summed E-state index contributed by atoms with van der Waals surface area (Å²) in [7, 11) is 3.74. The number of nitrogens with zero attached hydrogens (tertiary/aromatic N) is 1. The van der Waals surface area contributed by atoms with Crippen LogP contribution in [0.25, 0.3) is 0 Å². The third-order valence-corrected chi connectivity index (χ3v) is 1.41. The van der Waals surface area contributed by atoms with E-state index >= 15 is 0 Å². The Morgan fingerprint density at radius 1 is 1.75 bits per heavy atom. The predicted molar refractivity (Wildman–Crippen MR) is 31.4 cm³/mol. The van der Waals surface area contributed by atoms with Gasteiger partial charge in [-0.1, -0.05) is 0 Å². The van der Waals surface area contributed by atoms with Crippen LogP contribution >= 0.6 is 0 Å². The van der Waals surface area contributed by atoms with Crippen LogP contribution in [0.1, 0.15) is 0 Å². The molecule has 1 unspecified atom stereocenters. The Morgan fingerprint density at radius 3 is 2.75 bits per heavy atom. The minimum atomic E-state index is 0.148. The van der Waals surface area contributed by atoms with Gasteiger partial charge in [0.15, 0.2) is 6.35 Å². The van der Waals surface area contributed by atoms with Gasteiger partial charge in [-0.25, -0.2) is 0 Å². The van der Waals surface area contributed by atoms with Crippen LogP contribution in [-0.2, 0) is 4.74 Å². The number of rotatable bonds is 1. The molecule has 0 aromatic heterocycles. The molecule has 0 aliphatic carbocycles. The van der Waals surface area contributed by atoms with Gasteiger partial charge in [0.1, 0.15) is 0 Å². The molecule has 1 aliphatic heterocycles. The van der Waals surface area contributed by atoms with Crippen molar-refractivity contribution in [1.29, 1.82) is 0 Å². The molecule has 0 aromatic rings. The molecule has 1 heterocycles. The van der Waals surface area contributed by atoms with Gasteiger partial charge in [0, 0.05) is 20.2 Å². The van der Waals surface area contributed by atoms with Crippen LogP contribution in [-0.4, -0.2) is 38.5 Å². The van der Waals surface area contributed by atoms with E-state index in [1.807, 2.05) is 7.05 Å². The van der Waals surface area contributed by atoms with E-state index < -0.39 is 0 Å². The Balaban J connectivity index is 2.30. The molecule has 1 atom stereocenters. The van der Waals surface area contributed by atoms with Gasteiger partial charge in [-0.15, -0.1) is 0 Å². The summed E-state index contributed by atoms with van der Waals surface area (Å²) >= 11 is 0. The molecule has 3 nitrogen and oxygen atoms in total. The van der Waals surface area contributed by atoms with Crippen molar-refractivity contribution in [2.45, 2.75) is 6.35 Å². The van der Waals surface area contributed by atoms with Crippen molar-refractivity contribution >= 4 is 0 Å². The summed E-state index contributed by atoms with van der Waals surface area (Å²) in [5.74, 6) is 0. The highest BCUT2D eigenvalue weighted by Gasteiger charge is 2.17. The molecule has 0 radical (unpaired) electrons. The molecule has 1 N–H and O–H groups in total. The Kier molecular flexibility index (Phi) is 1.83. The molecule has 1 aliphatic rings. The molecule has 3 heteroatoms. The summed E-state index contributed by atoms with van der Waals surface area (Å²) in [5.41, 5.74) is 0. The first-order valence-electron chi connectivity index (χ1n) is 2.81. The normalized spacial score (nSPS) is 31.5. The minimum Gasteiger partial charge on any atom is -0.353 e. The van der Waals surface area contributed by atoms with Crippen LogP contribution in [0.15, 0.2) is 0 Å². The van der Waals surface area contributed by atoms with E-state index in [4.69, 9.17) is 4.74 Å². The average Bonchev–Trinajstić information content (AvgIpc) is 2.14. The number of hydrogen-bond donors (Lipinski definition) is 1. The van der Waals surface area contributed by atoms with E-state index in [1.165, 1.54) is 0 Å². The molecule has 1 fully saturated rings. The number of nitrogens with one attached hydrogen (secondary N) is 1. The number of methoxy groups -OCH3 is 1. The van der Waals surface area contributed by atoms with Gasteiger partial charge in [-0.3, -0.25) is 10.2 Å². The Hall–Kier alpha value is -0.120. The highest BCUT2D eigenvalue weighted by atomic mass is 16.5. The van der Waals surface area contributed by atoms with Crippen LogP contribution in [0.2, 0.25) is 0 Å². The van der Waals surface area contributed by atoms with Gasteiger partial charge in [0.05, 0.1) is 0 Å². The molecule has 8 heavy (non-hydrogen) atoms. The number of hydrogen-bond acceptors (Lipinski definition) is 3. The van der Waals surface area contributed by atoms with Crippen molar-refractivity contribution in [1.82, 2.24) is 10.2 Å². The molecule has 1 rings (SSSR count). The standard InChI is InChI=1S/C5H12N2O/c1-7-4-3-6-5(7)8-2/h5-6H,3-4H2,1-2H3. The van der Waals surface area contributed by atoms with Gasteiger partial charge in [-0.05, 0) is 7.05 Å². The molecule has 0 amide bonds. The lowest BCUT2D eigenvalue weighted by molar-refractivity contribution is -0.00448. The Morgan fingerprint density at radius 2 is 2.50 bits per heavy atom. The van der Waals surface area contributed by atoms with E-state index in [-0.39, 0.29) is 6.35 Å². The third-order valence-electron chi connectivity index (χ3n) is 1.41. The van der Waals surface area contributed by atoms with Crippen LogP contribution in [0.5, 0.6) is 0 Å². The molecule has 0 bridgehead atoms.